The third-order valence-corrected chi connectivity index (χ3v) is 14.1. The Morgan fingerprint density at radius 2 is 0.607 bits per heavy atom. The molecule has 3 rings (SSSR count). The molecule has 0 saturated carbocycles. The van der Waals surface area contributed by atoms with Crippen molar-refractivity contribution in [1.29, 1.82) is 0 Å². The topological polar surface area (TPSA) is 146 Å². The van der Waals surface area contributed by atoms with Gasteiger partial charge in [-0.3, -0.25) is 0 Å². The molecule has 0 spiro atoms. The Balaban J connectivity index is 0.975. The van der Waals surface area contributed by atoms with Gasteiger partial charge < -0.3 is 67.0 Å². The predicted octanol–water partition coefficient (Wildman–Crippen LogP) is 4.41. The minimum Gasteiger partial charge on any atom is -0.489 e. The molecule has 0 aromatic heterocycles. The average Bonchev–Trinajstić information content (AvgIpc) is 3.27. The normalized spacial score (nSPS) is 12.0. The number of nitrogens with two attached hydrogens (primary N) is 1. The van der Waals surface area contributed by atoms with Gasteiger partial charge >= 0.3 is 0 Å². The van der Waals surface area contributed by atoms with Crippen LogP contribution in [0.3, 0.4) is 0 Å². The molecular weight excluding hydrogens is 803 g/mol. The first kappa shape index (κ1) is 52.3. The zero-order valence-corrected chi connectivity index (χ0v) is 37.9. The molecule has 0 fully saturated rings. The average molecular weight is 876 g/mol. The van der Waals surface area contributed by atoms with Crippen LogP contribution < -0.4 is 20.8 Å². The molecule has 344 valence electrons. The molecule has 2 N–H and O–H groups in total. The molecule has 3 aromatic carbocycles. The van der Waals surface area contributed by atoms with Crippen molar-refractivity contribution in [3.8, 4) is 5.75 Å². The summed E-state index contributed by atoms with van der Waals surface area (Å²) in [5.41, 5.74) is 6.45. The maximum absolute atomic E-state index is 6.85. The molecule has 0 aliphatic heterocycles. The van der Waals surface area contributed by atoms with Gasteiger partial charge in [0.15, 0.2) is 0 Å². The van der Waals surface area contributed by atoms with Gasteiger partial charge in [0.25, 0.3) is 8.32 Å². The molecule has 15 heteroatoms. The first-order valence-electron chi connectivity index (χ1n) is 21.5. The number of anilines is 1. The lowest BCUT2D eigenvalue weighted by atomic mass is 10.2. The number of hydrogen-bond acceptors (Lipinski definition) is 14. The third-order valence-electron chi connectivity index (χ3n) is 9.09. The van der Waals surface area contributed by atoms with Crippen molar-refractivity contribution in [2.45, 2.75) is 25.8 Å². The molecule has 61 heavy (non-hydrogen) atoms. The number of hydrogen-bond donors (Lipinski definition) is 1. The Bertz CT molecular complexity index is 1400. The van der Waals surface area contributed by atoms with E-state index >= 15 is 0 Å². The molecule has 0 saturated heterocycles. The first-order chi connectivity index (χ1) is 29.9. The number of benzene rings is 3. The van der Waals surface area contributed by atoms with Crippen LogP contribution in [0.2, 0.25) is 5.04 Å². The van der Waals surface area contributed by atoms with E-state index in [-0.39, 0.29) is 5.04 Å². The van der Waals surface area contributed by atoms with Crippen molar-refractivity contribution in [3.63, 3.8) is 0 Å². The lowest BCUT2D eigenvalue weighted by Crippen LogP contribution is -2.66. The molecule has 0 bridgehead atoms. The molecule has 0 amide bonds. The van der Waals surface area contributed by atoms with Crippen molar-refractivity contribution in [2.75, 3.05) is 164 Å². The standard InChI is InChI=1S/C46H73NO13Si/c1-46(2,3)61(42-12-6-4-7-13-42,43-14-8-5-9-15-43)60-41-39-58-37-35-56-33-31-54-29-27-52-25-23-50-21-19-48-18-20-49-22-24-51-26-28-53-30-32-55-34-36-57-38-40-59-45-17-11-10-16-44(45)47/h4-17H,18-41,47H2,1-3H3. The van der Waals surface area contributed by atoms with Gasteiger partial charge in [0.2, 0.25) is 0 Å². The van der Waals surface area contributed by atoms with Crippen LogP contribution >= 0.6 is 0 Å². The minimum atomic E-state index is -2.55. The fourth-order valence-electron chi connectivity index (χ4n) is 6.14. The van der Waals surface area contributed by atoms with Gasteiger partial charge in [0.1, 0.15) is 12.4 Å². The van der Waals surface area contributed by atoms with E-state index in [9.17, 15) is 0 Å². The molecule has 14 nitrogen and oxygen atoms in total. The van der Waals surface area contributed by atoms with Crippen LogP contribution in [0.5, 0.6) is 5.75 Å². The van der Waals surface area contributed by atoms with Gasteiger partial charge in [-0.05, 0) is 27.5 Å². The predicted molar refractivity (Wildman–Crippen MR) is 239 cm³/mol. The largest absolute Gasteiger partial charge is 0.489 e. The minimum absolute atomic E-state index is 0.0606. The van der Waals surface area contributed by atoms with Crippen molar-refractivity contribution < 1.29 is 61.3 Å². The van der Waals surface area contributed by atoms with Crippen molar-refractivity contribution in [3.05, 3.63) is 84.9 Å². The summed E-state index contributed by atoms with van der Waals surface area (Å²) in [6, 6.07) is 28.7. The van der Waals surface area contributed by atoms with Crippen LogP contribution in [0.25, 0.3) is 0 Å². The van der Waals surface area contributed by atoms with Crippen molar-refractivity contribution in [1.82, 2.24) is 0 Å². The SMILES string of the molecule is CC(C)(C)[Si](OCCOCCOCCOCCOCCOCCOCCOCCOCCOCCOCCOCCOc1ccccc1N)(c1ccccc1)c1ccccc1. The Labute approximate surface area is 365 Å². The van der Waals surface area contributed by atoms with Gasteiger partial charge in [-0.25, -0.2) is 0 Å². The second-order valence-corrected chi connectivity index (χ2v) is 18.9. The second-order valence-electron chi connectivity index (χ2n) is 14.6. The van der Waals surface area contributed by atoms with E-state index in [0.717, 1.165) is 0 Å². The van der Waals surface area contributed by atoms with E-state index in [0.29, 0.717) is 170 Å². The summed E-state index contributed by atoms with van der Waals surface area (Å²) in [4.78, 5) is 0. The van der Waals surface area contributed by atoms with Crippen molar-refractivity contribution >= 4 is 24.4 Å². The Kier molecular flexibility index (Phi) is 29.6. The number of para-hydroxylation sites is 2. The Morgan fingerprint density at radius 3 is 0.902 bits per heavy atom. The van der Waals surface area contributed by atoms with Gasteiger partial charge in [-0.2, -0.15) is 0 Å². The van der Waals surface area contributed by atoms with E-state index < -0.39 is 8.32 Å². The van der Waals surface area contributed by atoms with Crippen molar-refractivity contribution in [2.24, 2.45) is 0 Å². The van der Waals surface area contributed by atoms with Crippen LogP contribution in [-0.2, 0) is 56.5 Å². The van der Waals surface area contributed by atoms with E-state index in [2.05, 4.69) is 81.4 Å². The molecule has 0 radical (unpaired) electrons. The molecule has 0 unspecified atom stereocenters. The maximum atomic E-state index is 6.85. The second kappa shape index (κ2) is 34.5. The first-order valence-corrected chi connectivity index (χ1v) is 23.4. The van der Waals surface area contributed by atoms with E-state index in [4.69, 9.17) is 67.0 Å². The molecule has 0 atom stereocenters. The lowest BCUT2D eigenvalue weighted by Gasteiger charge is -2.43. The monoisotopic (exact) mass is 875 g/mol. The molecular formula is C46H73NO13Si. The van der Waals surface area contributed by atoms with Crippen LogP contribution in [0.4, 0.5) is 5.69 Å². The summed E-state index contributed by atoms with van der Waals surface area (Å²) >= 11 is 0. The number of ether oxygens (including phenoxy) is 12. The molecule has 0 aliphatic carbocycles. The van der Waals surface area contributed by atoms with E-state index in [1.165, 1.54) is 10.4 Å². The highest BCUT2D eigenvalue weighted by Crippen LogP contribution is 2.36. The lowest BCUT2D eigenvalue weighted by molar-refractivity contribution is -0.0279. The highest BCUT2D eigenvalue weighted by Gasteiger charge is 2.50. The highest BCUT2D eigenvalue weighted by atomic mass is 28.4. The van der Waals surface area contributed by atoms with Gasteiger partial charge in [-0.1, -0.05) is 93.6 Å². The molecule has 0 heterocycles. The van der Waals surface area contributed by atoms with Crippen LogP contribution in [0.15, 0.2) is 84.9 Å². The molecule has 3 aromatic rings. The molecule has 0 aliphatic rings. The summed E-state index contributed by atoms with van der Waals surface area (Å²) in [6.07, 6.45) is 0. The summed E-state index contributed by atoms with van der Waals surface area (Å²) < 4.78 is 73.7. The number of rotatable bonds is 40. The van der Waals surface area contributed by atoms with Crippen LogP contribution in [0.1, 0.15) is 20.8 Å². The quantitative estimate of drug-likeness (QED) is 0.0489. The van der Waals surface area contributed by atoms with Gasteiger partial charge in [0, 0.05) is 0 Å². The summed E-state index contributed by atoms with van der Waals surface area (Å²) in [5, 5.41) is 2.47. The third kappa shape index (κ3) is 23.3. The van der Waals surface area contributed by atoms with Gasteiger partial charge in [0.05, 0.1) is 158 Å². The Morgan fingerprint density at radius 1 is 0.344 bits per heavy atom. The maximum Gasteiger partial charge on any atom is 0.261 e. The zero-order chi connectivity index (χ0) is 43.4. The van der Waals surface area contributed by atoms with Crippen LogP contribution in [0, 0.1) is 0 Å². The van der Waals surface area contributed by atoms with Gasteiger partial charge in [-0.15, -0.1) is 0 Å². The fraction of sp³-hybridized carbons (Fsp3) is 0.609. The summed E-state index contributed by atoms with van der Waals surface area (Å²) in [7, 11) is -2.55. The smallest absolute Gasteiger partial charge is 0.261 e. The number of nitrogen functional groups attached to an aromatic ring is 1. The summed E-state index contributed by atoms with van der Waals surface area (Å²) in [6.45, 7) is 18.7. The summed E-state index contributed by atoms with van der Waals surface area (Å²) in [5.74, 6) is 0.667. The highest BCUT2D eigenvalue weighted by molar-refractivity contribution is 6.99. The van der Waals surface area contributed by atoms with E-state index in [1.807, 2.05) is 18.2 Å². The fourth-order valence-corrected chi connectivity index (χ4v) is 10.7. The van der Waals surface area contributed by atoms with E-state index in [1.54, 1.807) is 6.07 Å². The zero-order valence-electron chi connectivity index (χ0n) is 36.9. The van der Waals surface area contributed by atoms with Crippen LogP contribution in [-0.4, -0.2) is 167 Å². The Hall–Kier alpha value is -3.00.